The smallest absolute Gasteiger partial charge is 0.00213 e. The summed E-state index contributed by atoms with van der Waals surface area (Å²) in [5.41, 5.74) is 0. The van der Waals surface area contributed by atoms with Gasteiger partial charge in [0.15, 0.2) is 0 Å². The van der Waals surface area contributed by atoms with Gasteiger partial charge in [0.05, 0.1) is 0 Å². The van der Waals surface area contributed by atoms with Gasteiger partial charge in [-0.15, -0.1) is 0 Å². The maximum Gasteiger partial charge on any atom is -0.00213 e. The molecule has 1 aliphatic heterocycles. The number of hydrogen-bond donors (Lipinski definition) is 0. The average molecular weight is 191 g/mol. The molecule has 0 N–H and O–H groups in total. The Labute approximate surface area is 87.5 Å². The molecule has 0 aromatic carbocycles. The molecule has 0 atom stereocenters. The van der Waals surface area contributed by atoms with E-state index in [-0.39, 0.29) is 7.43 Å². The topological polar surface area (TPSA) is 3.24 Å². The summed E-state index contributed by atoms with van der Waals surface area (Å²) in [5, 5.41) is 0. The maximum absolute atomic E-state index is 2.36. The van der Waals surface area contributed by atoms with Crippen LogP contribution < -0.4 is 0 Å². The Balaban J connectivity index is -0.0000000508. The Morgan fingerprint density at radius 3 is 1.00 bits per heavy atom. The van der Waals surface area contributed by atoms with Crippen LogP contribution in [0.15, 0.2) is 0 Å². The number of nitrogens with zero attached hydrogens (tertiary/aromatic N) is 1. The van der Waals surface area contributed by atoms with Crippen LogP contribution >= 0.6 is 0 Å². The van der Waals surface area contributed by atoms with E-state index in [1.807, 2.05) is 41.5 Å². The Morgan fingerprint density at radius 1 is 0.692 bits per heavy atom. The van der Waals surface area contributed by atoms with Crippen LogP contribution in [0, 0.1) is 0 Å². The molecule has 0 amide bonds. The molecule has 0 spiro atoms. The molecule has 1 heterocycles. The van der Waals surface area contributed by atoms with Crippen LogP contribution in [0.4, 0.5) is 0 Å². The fraction of sp³-hybridized carbons (Fsp3) is 1.00. The molecule has 13 heavy (non-hydrogen) atoms. The predicted molar refractivity (Wildman–Crippen MR) is 67.5 cm³/mol. The standard InChI is InChI=1S/C5H11N.3C2H6.CH4/c1-6-4-2-3-5-6;3*1-2;/h2-5H2,1H3;3*1-2H3;1H4. The molecule has 86 valence electrons. The molecule has 0 aromatic heterocycles. The SMILES string of the molecule is C.CC.CC.CC.CN1CCCC1. The average Bonchev–Trinajstić information content (AvgIpc) is 2.66. The molecule has 1 fully saturated rings. The van der Waals surface area contributed by atoms with Crippen molar-refractivity contribution >= 4 is 0 Å². The van der Waals surface area contributed by atoms with Crippen LogP contribution in [0.2, 0.25) is 0 Å². The molecule has 1 rings (SSSR count). The first-order valence-electron chi connectivity index (χ1n) is 5.58. The van der Waals surface area contributed by atoms with Crippen LogP contribution in [0.3, 0.4) is 0 Å². The highest BCUT2D eigenvalue weighted by Crippen LogP contribution is 2.01. The molecule has 0 bridgehead atoms. The van der Waals surface area contributed by atoms with Crippen LogP contribution in [0.5, 0.6) is 0 Å². The minimum absolute atomic E-state index is 0. The fourth-order valence-corrected chi connectivity index (χ4v) is 0.875. The van der Waals surface area contributed by atoms with Gasteiger partial charge in [-0.3, -0.25) is 0 Å². The lowest BCUT2D eigenvalue weighted by Crippen LogP contribution is -2.10. The first-order valence-corrected chi connectivity index (χ1v) is 5.58. The van der Waals surface area contributed by atoms with Crippen molar-refractivity contribution in [2.45, 2.75) is 61.8 Å². The van der Waals surface area contributed by atoms with Crippen molar-refractivity contribution < 1.29 is 0 Å². The van der Waals surface area contributed by atoms with Crippen LogP contribution in [-0.2, 0) is 0 Å². The zero-order valence-corrected chi connectivity index (χ0v) is 10.3. The van der Waals surface area contributed by atoms with Crippen LogP contribution in [0.25, 0.3) is 0 Å². The van der Waals surface area contributed by atoms with Crippen LogP contribution in [0.1, 0.15) is 61.8 Å². The highest BCUT2D eigenvalue weighted by atomic mass is 15.1. The maximum atomic E-state index is 2.36. The lowest BCUT2D eigenvalue weighted by molar-refractivity contribution is 0.418. The summed E-state index contributed by atoms with van der Waals surface area (Å²) in [6.07, 6.45) is 2.83. The van der Waals surface area contributed by atoms with Gasteiger partial charge < -0.3 is 4.90 Å². The normalized spacial score (nSPS) is 13.2. The summed E-state index contributed by atoms with van der Waals surface area (Å²) >= 11 is 0. The van der Waals surface area contributed by atoms with Gasteiger partial charge in [-0.05, 0) is 33.0 Å². The molecule has 0 unspecified atom stereocenters. The van der Waals surface area contributed by atoms with E-state index in [2.05, 4.69) is 11.9 Å². The van der Waals surface area contributed by atoms with Crippen molar-refractivity contribution in [2.24, 2.45) is 0 Å². The Kier molecular flexibility index (Phi) is 52.7. The van der Waals surface area contributed by atoms with E-state index in [1.165, 1.54) is 25.9 Å². The van der Waals surface area contributed by atoms with Gasteiger partial charge in [0.25, 0.3) is 0 Å². The van der Waals surface area contributed by atoms with Crippen molar-refractivity contribution in [3.63, 3.8) is 0 Å². The molecular formula is C12H33N. The van der Waals surface area contributed by atoms with E-state index < -0.39 is 0 Å². The molecule has 0 aliphatic carbocycles. The minimum Gasteiger partial charge on any atom is -0.306 e. The van der Waals surface area contributed by atoms with Gasteiger partial charge >= 0.3 is 0 Å². The summed E-state index contributed by atoms with van der Waals surface area (Å²) in [6, 6.07) is 0. The Bertz CT molecular complexity index is 38.4. The molecule has 1 heteroatoms. The quantitative estimate of drug-likeness (QED) is 0.547. The van der Waals surface area contributed by atoms with Crippen molar-refractivity contribution in [3.05, 3.63) is 0 Å². The van der Waals surface area contributed by atoms with Gasteiger partial charge in [-0.1, -0.05) is 49.0 Å². The van der Waals surface area contributed by atoms with Crippen molar-refractivity contribution in [3.8, 4) is 0 Å². The summed E-state index contributed by atoms with van der Waals surface area (Å²) in [4.78, 5) is 2.36. The monoisotopic (exact) mass is 191 g/mol. The van der Waals surface area contributed by atoms with E-state index in [0.29, 0.717) is 0 Å². The van der Waals surface area contributed by atoms with Crippen molar-refractivity contribution in [1.82, 2.24) is 4.90 Å². The third-order valence-corrected chi connectivity index (χ3v) is 1.33. The summed E-state index contributed by atoms with van der Waals surface area (Å²) < 4.78 is 0. The molecule has 1 aliphatic rings. The second-order valence-corrected chi connectivity index (χ2v) is 2.01. The first-order chi connectivity index (χ1) is 5.89. The second kappa shape index (κ2) is 29.7. The highest BCUT2D eigenvalue weighted by molar-refractivity contribution is 4.59. The first kappa shape index (κ1) is 23.1. The third-order valence-electron chi connectivity index (χ3n) is 1.33. The fourth-order valence-electron chi connectivity index (χ4n) is 0.875. The van der Waals surface area contributed by atoms with E-state index in [9.17, 15) is 0 Å². The Morgan fingerprint density at radius 2 is 0.923 bits per heavy atom. The van der Waals surface area contributed by atoms with Gasteiger partial charge in [-0.25, -0.2) is 0 Å². The summed E-state index contributed by atoms with van der Waals surface area (Å²) in [7, 11) is 2.17. The predicted octanol–water partition coefficient (Wildman–Crippen LogP) is 4.43. The third kappa shape index (κ3) is 24.5. The molecule has 0 saturated carbocycles. The minimum atomic E-state index is 0. The zero-order chi connectivity index (χ0) is 10.4. The van der Waals surface area contributed by atoms with Gasteiger partial charge in [0, 0.05) is 0 Å². The largest absolute Gasteiger partial charge is 0.306 e. The van der Waals surface area contributed by atoms with E-state index >= 15 is 0 Å². The number of likely N-dealkylation sites (tertiary alicyclic amines) is 1. The van der Waals surface area contributed by atoms with E-state index in [0.717, 1.165) is 0 Å². The zero-order valence-electron chi connectivity index (χ0n) is 10.3. The highest BCUT2D eigenvalue weighted by Gasteiger charge is 2.03. The summed E-state index contributed by atoms with van der Waals surface area (Å²) in [5.74, 6) is 0. The van der Waals surface area contributed by atoms with Gasteiger partial charge in [-0.2, -0.15) is 0 Å². The Hall–Kier alpha value is -0.0400. The van der Waals surface area contributed by atoms with Gasteiger partial charge in [0.2, 0.25) is 0 Å². The van der Waals surface area contributed by atoms with Crippen molar-refractivity contribution in [1.29, 1.82) is 0 Å². The van der Waals surface area contributed by atoms with Gasteiger partial charge in [0.1, 0.15) is 0 Å². The molecule has 0 radical (unpaired) electrons. The summed E-state index contributed by atoms with van der Waals surface area (Å²) in [6.45, 7) is 14.6. The number of hydrogen-bond acceptors (Lipinski definition) is 1. The van der Waals surface area contributed by atoms with E-state index in [4.69, 9.17) is 0 Å². The van der Waals surface area contributed by atoms with Crippen molar-refractivity contribution in [2.75, 3.05) is 20.1 Å². The lowest BCUT2D eigenvalue weighted by atomic mass is 10.4. The van der Waals surface area contributed by atoms with Crippen LogP contribution in [-0.4, -0.2) is 25.0 Å². The second-order valence-electron chi connectivity index (χ2n) is 2.01. The molecular weight excluding hydrogens is 158 g/mol. The molecule has 0 aromatic rings. The lowest BCUT2D eigenvalue weighted by Gasteiger charge is -2.01. The number of rotatable bonds is 0. The van der Waals surface area contributed by atoms with E-state index in [1.54, 1.807) is 0 Å². The molecule has 1 nitrogen and oxygen atoms in total. The molecule has 1 saturated heterocycles.